The fourth-order valence-electron chi connectivity index (χ4n) is 1.13. The maximum Gasteiger partial charge on any atom is 0.394 e. The molecule has 0 atom stereocenters. The lowest BCUT2D eigenvalue weighted by molar-refractivity contribution is 0.0523. The van der Waals surface area contributed by atoms with Crippen LogP contribution in [0.15, 0.2) is 12.1 Å². The van der Waals surface area contributed by atoms with Crippen molar-refractivity contribution in [1.29, 1.82) is 0 Å². The molecule has 0 unspecified atom stereocenters. The molecule has 10 heteroatoms. The van der Waals surface area contributed by atoms with E-state index in [1.54, 1.807) is 13.0 Å². The van der Waals surface area contributed by atoms with Gasteiger partial charge in [0.15, 0.2) is 5.75 Å². The van der Waals surface area contributed by atoms with Crippen LogP contribution in [0.2, 0.25) is 10.0 Å². The fraction of sp³-hybridized carbons (Fsp3) is 0.300. The van der Waals surface area contributed by atoms with Crippen molar-refractivity contribution >= 4 is 39.6 Å². The number of esters is 1. The van der Waals surface area contributed by atoms with E-state index in [9.17, 15) is 4.79 Å². The predicted molar refractivity (Wildman–Crippen MR) is 73.1 cm³/mol. The van der Waals surface area contributed by atoms with Crippen LogP contribution in [0.25, 0.3) is 0 Å². The summed E-state index contributed by atoms with van der Waals surface area (Å²) in [5, 5.41) is 0.583. The van der Waals surface area contributed by atoms with Gasteiger partial charge in [-0.15, -0.1) is 0 Å². The highest BCUT2D eigenvalue weighted by atomic mass is 35.5. The van der Waals surface area contributed by atoms with Gasteiger partial charge < -0.3 is 9.47 Å². The Bertz CT molecular complexity index is 563. The summed E-state index contributed by atoms with van der Waals surface area (Å²) in [4.78, 5) is 11.6. The van der Waals surface area contributed by atoms with Crippen molar-refractivity contribution in [3.05, 3.63) is 27.7 Å². The van der Waals surface area contributed by atoms with Crippen LogP contribution >= 0.6 is 23.2 Å². The molecule has 0 bridgehead atoms. The van der Waals surface area contributed by atoms with Gasteiger partial charge >= 0.3 is 16.4 Å². The monoisotopic (exact) mass is 346 g/mol. The first-order valence-corrected chi connectivity index (χ1v) is 7.16. The van der Waals surface area contributed by atoms with Gasteiger partial charge in [-0.25, -0.2) is 4.79 Å². The third-order valence-electron chi connectivity index (χ3n) is 1.74. The molecule has 0 spiro atoms. The van der Waals surface area contributed by atoms with Crippen molar-refractivity contribution in [3.8, 4) is 5.75 Å². The second-order valence-corrected chi connectivity index (χ2v) is 4.82. The van der Waals surface area contributed by atoms with E-state index in [1.807, 2.05) is 0 Å². The summed E-state index contributed by atoms with van der Waals surface area (Å²) < 4.78 is 41.4. The third-order valence-corrected chi connectivity index (χ3v) is 2.36. The van der Waals surface area contributed by atoms with Crippen molar-refractivity contribution in [2.24, 2.45) is 0 Å². The number of hydrogen-bond acceptors (Lipinski definition) is 5. The Hall–Kier alpha value is -1.06. The van der Waals surface area contributed by atoms with Crippen molar-refractivity contribution in [2.45, 2.75) is 6.92 Å². The van der Waals surface area contributed by atoms with E-state index in [-0.39, 0.29) is 22.9 Å². The molecule has 0 aliphatic rings. The number of carbonyl (C=O) groups excluding carboxylic acids is 1. The predicted octanol–water partition coefficient (Wildman–Crippen LogP) is 2.53. The molecular formula is C10H12Cl2O7S. The molecule has 0 heterocycles. The quantitative estimate of drug-likeness (QED) is 0.638. The summed E-state index contributed by atoms with van der Waals surface area (Å²) in [7, 11) is -3.25. The fourth-order valence-corrected chi connectivity index (χ4v) is 1.59. The van der Waals surface area contributed by atoms with Crippen LogP contribution in [0.1, 0.15) is 17.3 Å². The van der Waals surface area contributed by atoms with E-state index >= 15 is 0 Å². The molecule has 0 radical (unpaired) electrons. The van der Waals surface area contributed by atoms with Gasteiger partial charge in [-0.05, 0) is 19.1 Å². The molecule has 0 aliphatic carbocycles. The van der Waals surface area contributed by atoms with Crippen LogP contribution in [0.3, 0.4) is 0 Å². The number of carbonyl (C=O) groups is 1. The van der Waals surface area contributed by atoms with Gasteiger partial charge in [0.05, 0.1) is 23.8 Å². The SMILES string of the molecule is CCOC(=O)c1c(Cl)ccc(Cl)c1OC.O=S(=O)(O)O. The lowest BCUT2D eigenvalue weighted by Gasteiger charge is -2.10. The standard InChI is InChI=1S/C10H10Cl2O3.H2O4S/c1-3-15-10(13)8-6(11)4-5-7(12)9(8)14-2;1-5(2,3)4/h4-5H,3H2,1-2H3;(H2,1,2,3,4). The smallest absolute Gasteiger partial charge is 0.394 e. The summed E-state index contributed by atoms with van der Waals surface area (Å²) in [5.74, 6) is -0.301. The molecule has 20 heavy (non-hydrogen) atoms. The normalized spacial score (nSPS) is 10.3. The summed E-state index contributed by atoms with van der Waals surface area (Å²) >= 11 is 11.7. The first-order valence-electron chi connectivity index (χ1n) is 5.00. The van der Waals surface area contributed by atoms with Gasteiger partial charge in [-0.3, -0.25) is 9.11 Å². The summed E-state index contributed by atoms with van der Waals surface area (Å²) in [6, 6.07) is 3.09. The molecule has 1 aromatic rings. The van der Waals surface area contributed by atoms with E-state index in [2.05, 4.69) is 0 Å². The molecule has 1 aromatic carbocycles. The van der Waals surface area contributed by atoms with Gasteiger partial charge in [0, 0.05) is 0 Å². The zero-order chi connectivity index (χ0) is 15.9. The molecule has 0 saturated heterocycles. The average molecular weight is 347 g/mol. The van der Waals surface area contributed by atoms with Crippen LogP contribution in [0.4, 0.5) is 0 Å². The minimum absolute atomic E-state index is 0.161. The first kappa shape index (κ1) is 18.9. The van der Waals surface area contributed by atoms with E-state index in [0.717, 1.165) is 0 Å². The highest BCUT2D eigenvalue weighted by molar-refractivity contribution is 7.79. The number of benzene rings is 1. The summed E-state index contributed by atoms with van der Waals surface area (Å²) in [5.41, 5.74) is 0.161. The molecule has 0 aromatic heterocycles. The Morgan fingerprint density at radius 2 is 1.70 bits per heavy atom. The minimum atomic E-state index is -4.67. The Kier molecular flexibility index (Phi) is 7.84. The van der Waals surface area contributed by atoms with Crippen molar-refractivity contribution in [1.82, 2.24) is 0 Å². The molecular weight excluding hydrogens is 335 g/mol. The van der Waals surface area contributed by atoms with E-state index in [1.165, 1.54) is 13.2 Å². The molecule has 2 N–H and O–H groups in total. The van der Waals surface area contributed by atoms with Crippen LogP contribution in [0.5, 0.6) is 5.75 Å². The van der Waals surface area contributed by atoms with Crippen LogP contribution in [0, 0.1) is 0 Å². The maximum atomic E-state index is 11.6. The number of halogens is 2. The lowest BCUT2D eigenvalue weighted by Crippen LogP contribution is -2.07. The van der Waals surface area contributed by atoms with E-state index in [0.29, 0.717) is 5.02 Å². The van der Waals surface area contributed by atoms with Crippen LogP contribution in [-0.4, -0.2) is 37.2 Å². The highest BCUT2D eigenvalue weighted by Gasteiger charge is 2.20. The Morgan fingerprint density at radius 3 is 2.10 bits per heavy atom. The lowest BCUT2D eigenvalue weighted by atomic mass is 10.2. The molecule has 0 saturated carbocycles. The van der Waals surface area contributed by atoms with E-state index in [4.69, 9.17) is 50.2 Å². The number of methoxy groups -OCH3 is 1. The van der Waals surface area contributed by atoms with Gasteiger partial charge in [0.1, 0.15) is 5.56 Å². The molecule has 114 valence electrons. The summed E-state index contributed by atoms with van der Waals surface area (Å²) in [6.45, 7) is 1.98. The zero-order valence-electron chi connectivity index (χ0n) is 10.5. The van der Waals surface area contributed by atoms with Crippen LogP contribution in [-0.2, 0) is 15.1 Å². The highest BCUT2D eigenvalue weighted by Crippen LogP contribution is 2.34. The van der Waals surface area contributed by atoms with Crippen molar-refractivity contribution in [3.63, 3.8) is 0 Å². The van der Waals surface area contributed by atoms with Gasteiger partial charge in [-0.1, -0.05) is 23.2 Å². The molecule has 1 rings (SSSR count). The number of hydrogen-bond donors (Lipinski definition) is 2. The second kappa shape index (κ2) is 8.28. The Labute approximate surface area is 126 Å². The average Bonchev–Trinajstić information content (AvgIpc) is 2.29. The first-order chi connectivity index (χ1) is 9.11. The second-order valence-electron chi connectivity index (χ2n) is 3.11. The zero-order valence-corrected chi connectivity index (χ0v) is 12.8. The Balaban J connectivity index is 0.000000621. The minimum Gasteiger partial charge on any atom is -0.494 e. The van der Waals surface area contributed by atoms with Gasteiger partial charge in [0.25, 0.3) is 0 Å². The number of ether oxygens (including phenoxy) is 2. The topological polar surface area (TPSA) is 110 Å². The molecule has 0 aliphatic heterocycles. The van der Waals surface area contributed by atoms with Gasteiger partial charge in [-0.2, -0.15) is 8.42 Å². The van der Waals surface area contributed by atoms with Crippen LogP contribution < -0.4 is 4.74 Å². The molecule has 7 nitrogen and oxygen atoms in total. The largest absolute Gasteiger partial charge is 0.494 e. The molecule has 0 fully saturated rings. The third kappa shape index (κ3) is 6.92. The molecule has 0 amide bonds. The maximum absolute atomic E-state index is 11.6. The number of rotatable bonds is 3. The van der Waals surface area contributed by atoms with Crippen molar-refractivity contribution < 1.29 is 31.8 Å². The Morgan fingerprint density at radius 1 is 1.25 bits per heavy atom. The summed E-state index contributed by atoms with van der Waals surface area (Å²) in [6.07, 6.45) is 0. The van der Waals surface area contributed by atoms with E-state index < -0.39 is 16.4 Å². The van der Waals surface area contributed by atoms with Gasteiger partial charge in [0.2, 0.25) is 0 Å². The van der Waals surface area contributed by atoms with Crippen molar-refractivity contribution in [2.75, 3.05) is 13.7 Å².